The number of aromatic nitrogens is 4. The largest absolute Gasteiger partial charge is 0.495 e. The van der Waals surface area contributed by atoms with Crippen LogP contribution in [0.15, 0.2) is 41.8 Å². The SMILES string of the molecule is COc1ccc2c(cnn2[C@@H](CC2CCOCC2)C(=O)Nc2cnccn2)c1S(=O)(=O)C1CC1. The van der Waals surface area contributed by atoms with E-state index in [1.165, 1.54) is 31.9 Å². The number of ether oxygens (including phenoxy) is 2. The maximum absolute atomic E-state index is 13.4. The van der Waals surface area contributed by atoms with Gasteiger partial charge in [0.05, 0.1) is 30.3 Å². The van der Waals surface area contributed by atoms with E-state index in [4.69, 9.17) is 9.47 Å². The Kier molecular flexibility index (Phi) is 6.22. The number of amides is 1. The van der Waals surface area contributed by atoms with Crippen LogP contribution in [0.5, 0.6) is 5.75 Å². The van der Waals surface area contributed by atoms with Crippen molar-refractivity contribution in [3.05, 3.63) is 36.9 Å². The third-order valence-corrected chi connectivity index (χ3v) is 8.81. The van der Waals surface area contributed by atoms with E-state index in [1.54, 1.807) is 16.8 Å². The van der Waals surface area contributed by atoms with Crippen LogP contribution in [-0.4, -0.2) is 59.6 Å². The van der Waals surface area contributed by atoms with Crippen LogP contribution in [0.2, 0.25) is 0 Å². The lowest BCUT2D eigenvalue weighted by Crippen LogP contribution is -2.30. The second-order valence-corrected chi connectivity index (χ2v) is 10.9. The van der Waals surface area contributed by atoms with Crippen molar-refractivity contribution < 1.29 is 22.7 Å². The topological polar surface area (TPSA) is 125 Å². The number of benzene rings is 1. The number of hydrogen-bond acceptors (Lipinski definition) is 8. The van der Waals surface area contributed by atoms with Crippen molar-refractivity contribution in [1.29, 1.82) is 0 Å². The highest BCUT2D eigenvalue weighted by Crippen LogP contribution is 2.42. The Morgan fingerprint density at radius 3 is 2.68 bits per heavy atom. The molecule has 5 rings (SSSR count). The number of fused-ring (bicyclic) bond motifs is 1. The number of methoxy groups -OCH3 is 1. The summed E-state index contributed by atoms with van der Waals surface area (Å²) < 4.78 is 39.0. The minimum absolute atomic E-state index is 0.153. The first kappa shape index (κ1) is 22.7. The summed E-state index contributed by atoms with van der Waals surface area (Å²) in [7, 11) is -2.10. The molecule has 1 aliphatic heterocycles. The molecule has 1 saturated heterocycles. The standard InChI is InChI=1S/C23H27N5O5S/c1-32-20-5-4-18-17(22(20)34(30,31)16-2-3-16)13-26-28(18)19(12-15-6-10-33-11-7-15)23(29)27-21-14-24-8-9-25-21/h4-5,8-9,13-16,19H,2-3,6-7,10-12H2,1H3,(H,25,27,29)/t19-/m0/s1. The predicted molar refractivity (Wildman–Crippen MR) is 124 cm³/mol. The predicted octanol–water partition coefficient (Wildman–Crippen LogP) is 2.77. The molecule has 0 bridgehead atoms. The summed E-state index contributed by atoms with van der Waals surface area (Å²) in [6.07, 6.45) is 9.58. The first-order valence-electron chi connectivity index (χ1n) is 11.4. The highest BCUT2D eigenvalue weighted by atomic mass is 32.2. The van der Waals surface area contributed by atoms with Gasteiger partial charge in [-0.25, -0.2) is 13.4 Å². The van der Waals surface area contributed by atoms with E-state index in [0.29, 0.717) is 54.9 Å². The summed E-state index contributed by atoms with van der Waals surface area (Å²) >= 11 is 0. The van der Waals surface area contributed by atoms with E-state index < -0.39 is 21.1 Å². The quantitative estimate of drug-likeness (QED) is 0.516. The molecule has 3 heterocycles. The molecule has 180 valence electrons. The highest BCUT2D eigenvalue weighted by molar-refractivity contribution is 7.92. The second-order valence-electron chi connectivity index (χ2n) is 8.75. The molecule has 1 atom stereocenters. The van der Waals surface area contributed by atoms with Crippen LogP contribution in [-0.2, 0) is 19.4 Å². The Balaban J connectivity index is 1.57. The summed E-state index contributed by atoms with van der Waals surface area (Å²) in [6.45, 7) is 1.31. The van der Waals surface area contributed by atoms with Gasteiger partial charge in [0.2, 0.25) is 5.91 Å². The number of nitrogens with zero attached hydrogens (tertiary/aromatic N) is 4. The summed E-state index contributed by atoms with van der Waals surface area (Å²) in [5, 5.41) is 7.43. The maximum atomic E-state index is 13.4. The zero-order valence-corrected chi connectivity index (χ0v) is 19.7. The zero-order chi connectivity index (χ0) is 23.7. The Morgan fingerprint density at radius 2 is 2.00 bits per heavy atom. The van der Waals surface area contributed by atoms with E-state index in [-0.39, 0.29) is 16.7 Å². The number of sulfone groups is 1. The second kappa shape index (κ2) is 9.30. The molecule has 2 aromatic heterocycles. The van der Waals surface area contributed by atoms with Gasteiger partial charge in [-0.3, -0.25) is 14.5 Å². The zero-order valence-electron chi connectivity index (χ0n) is 18.9. The van der Waals surface area contributed by atoms with Gasteiger partial charge in [0, 0.05) is 31.0 Å². The molecular formula is C23H27N5O5S. The van der Waals surface area contributed by atoms with Crippen molar-refractivity contribution in [3.8, 4) is 5.75 Å². The van der Waals surface area contributed by atoms with E-state index in [1.807, 2.05) is 0 Å². The molecule has 2 fully saturated rings. The lowest BCUT2D eigenvalue weighted by molar-refractivity contribution is -0.120. The third kappa shape index (κ3) is 4.37. The minimum Gasteiger partial charge on any atom is -0.495 e. The van der Waals surface area contributed by atoms with Gasteiger partial charge in [0.1, 0.15) is 16.7 Å². The van der Waals surface area contributed by atoms with Gasteiger partial charge in [-0.2, -0.15) is 5.10 Å². The van der Waals surface area contributed by atoms with Crippen LogP contribution in [0.4, 0.5) is 5.82 Å². The van der Waals surface area contributed by atoms with E-state index in [0.717, 1.165) is 12.8 Å². The van der Waals surface area contributed by atoms with Crippen molar-refractivity contribution in [2.45, 2.75) is 48.3 Å². The van der Waals surface area contributed by atoms with Crippen molar-refractivity contribution in [3.63, 3.8) is 0 Å². The Hall–Kier alpha value is -3.05. The molecular weight excluding hydrogens is 458 g/mol. The number of carbonyl (C=O) groups is 1. The normalized spacial score (nSPS) is 18.0. The molecule has 3 aromatic rings. The molecule has 1 saturated carbocycles. The molecule has 1 amide bonds. The average molecular weight is 486 g/mol. The van der Waals surface area contributed by atoms with Gasteiger partial charge in [-0.1, -0.05) is 0 Å². The first-order chi connectivity index (χ1) is 16.5. The van der Waals surface area contributed by atoms with Gasteiger partial charge >= 0.3 is 0 Å². The summed E-state index contributed by atoms with van der Waals surface area (Å²) in [4.78, 5) is 21.7. The fourth-order valence-electron chi connectivity index (χ4n) is 4.51. The van der Waals surface area contributed by atoms with Crippen molar-refractivity contribution in [2.75, 3.05) is 25.6 Å². The first-order valence-corrected chi connectivity index (χ1v) is 13.0. The highest BCUT2D eigenvalue weighted by Gasteiger charge is 2.40. The summed E-state index contributed by atoms with van der Waals surface area (Å²) in [5.74, 6) is 0.640. The monoisotopic (exact) mass is 485 g/mol. The maximum Gasteiger partial charge on any atom is 0.250 e. The van der Waals surface area contributed by atoms with Crippen LogP contribution in [0, 0.1) is 5.92 Å². The Bertz CT molecular complexity index is 1280. The fourth-order valence-corrected chi connectivity index (χ4v) is 6.50. The van der Waals surface area contributed by atoms with Crippen LogP contribution < -0.4 is 10.1 Å². The number of anilines is 1. The van der Waals surface area contributed by atoms with Crippen LogP contribution in [0.3, 0.4) is 0 Å². The summed E-state index contributed by atoms with van der Waals surface area (Å²) in [5.41, 5.74) is 0.575. The van der Waals surface area contributed by atoms with Crippen molar-refractivity contribution in [1.82, 2.24) is 19.7 Å². The smallest absolute Gasteiger partial charge is 0.250 e. The lowest BCUT2D eigenvalue weighted by Gasteiger charge is -2.26. The molecule has 1 aliphatic carbocycles. The third-order valence-electron chi connectivity index (χ3n) is 6.47. The molecule has 1 aromatic carbocycles. The van der Waals surface area contributed by atoms with Crippen molar-refractivity contribution in [2.24, 2.45) is 5.92 Å². The Morgan fingerprint density at radius 1 is 1.21 bits per heavy atom. The van der Waals surface area contributed by atoms with Gasteiger partial charge in [0.15, 0.2) is 15.7 Å². The Labute approximate surface area is 197 Å². The summed E-state index contributed by atoms with van der Waals surface area (Å²) in [6, 6.07) is 2.74. The lowest BCUT2D eigenvalue weighted by atomic mass is 9.92. The molecule has 0 unspecified atom stereocenters. The van der Waals surface area contributed by atoms with Gasteiger partial charge in [0.25, 0.3) is 0 Å². The van der Waals surface area contributed by atoms with Gasteiger partial charge in [-0.05, 0) is 50.2 Å². The van der Waals surface area contributed by atoms with E-state index >= 15 is 0 Å². The number of rotatable bonds is 8. The van der Waals surface area contributed by atoms with Gasteiger partial charge < -0.3 is 14.8 Å². The van der Waals surface area contributed by atoms with Crippen LogP contribution in [0.25, 0.3) is 10.9 Å². The molecule has 1 N–H and O–H groups in total. The molecule has 11 heteroatoms. The molecule has 0 radical (unpaired) electrons. The van der Waals surface area contributed by atoms with E-state index in [2.05, 4.69) is 20.4 Å². The van der Waals surface area contributed by atoms with Crippen molar-refractivity contribution >= 4 is 32.5 Å². The molecule has 0 spiro atoms. The van der Waals surface area contributed by atoms with Gasteiger partial charge in [-0.15, -0.1) is 0 Å². The number of carbonyl (C=O) groups excluding carboxylic acids is 1. The average Bonchev–Trinajstić information content (AvgIpc) is 3.64. The fraction of sp³-hybridized carbons (Fsp3) is 0.478. The van der Waals surface area contributed by atoms with Crippen LogP contribution in [0.1, 0.15) is 38.1 Å². The van der Waals surface area contributed by atoms with Crippen LogP contribution >= 0.6 is 0 Å². The molecule has 2 aliphatic rings. The number of nitrogens with one attached hydrogen (secondary N) is 1. The molecule has 10 nitrogen and oxygen atoms in total. The molecule has 34 heavy (non-hydrogen) atoms. The van der Waals surface area contributed by atoms with E-state index in [9.17, 15) is 13.2 Å². The number of hydrogen-bond donors (Lipinski definition) is 1. The minimum atomic E-state index is -3.56.